The van der Waals surface area contributed by atoms with E-state index < -0.39 is 0 Å². The van der Waals surface area contributed by atoms with Gasteiger partial charge in [-0.2, -0.15) is 0 Å². The summed E-state index contributed by atoms with van der Waals surface area (Å²) in [6, 6.07) is 7.44. The standard InChI is InChI=1S/C11H7N3OS/c15-7-8-3-4-14-10(6-8)12-13-11(14)9-2-1-5-16-9/h1-7H. The van der Waals surface area contributed by atoms with E-state index in [1.807, 2.05) is 28.1 Å². The maximum Gasteiger partial charge on any atom is 0.178 e. The van der Waals surface area contributed by atoms with Gasteiger partial charge in [0.05, 0.1) is 4.88 Å². The molecule has 3 aromatic heterocycles. The molecule has 4 nitrogen and oxygen atoms in total. The van der Waals surface area contributed by atoms with Gasteiger partial charge in [-0.1, -0.05) is 6.07 Å². The van der Waals surface area contributed by atoms with Gasteiger partial charge in [-0.3, -0.25) is 9.20 Å². The van der Waals surface area contributed by atoms with Crippen molar-refractivity contribution in [1.29, 1.82) is 0 Å². The van der Waals surface area contributed by atoms with Crippen LogP contribution in [0.15, 0.2) is 35.8 Å². The second-order valence-electron chi connectivity index (χ2n) is 3.31. The fourth-order valence-electron chi connectivity index (χ4n) is 1.55. The Balaban J connectivity index is 2.25. The fourth-order valence-corrected chi connectivity index (χ4v) is 2.26. The monoisotopic (exact) mass is 229 g/mol. The molecule has 0 atom stereocenters. The van der Waals surface area contributed by atoms with Crippen molar-refractivity contribution in [2.45, 2.75) is 0 Å². The molecule has 0 saturated heterocycles. The van der Waals surface area contributed by atoms with Gasteiger partial charge in [0.1, 0.15) is 6.29 Å². The van der Waals surface area contributed by atoms with Crippen molar-refractivity contribution in [2.75, 3.05) is 0 Å². The van der Waals surface area contributed by atoms with Crippen molar-refractivity contribution in [3.05, 3.63) is 41.4 Å². The number of thiophene rings is 1. The highest BCUT2D eigenvalue weighted by Gasteiger charge is 2.08. The molecule has 0 N–H and O–H groups in total. The molecule has 0 fully saturated rings. The Morgan fingerprint density at radius 3 is 3.00 bits per heavy atom. The van der Waals surface area contributed by atoms with Crippen molar-refractivity contribution in [1.82, 2.24) is 14.6 Å². The highest BCUT2D eigenvalue weighted by atomic mass is 32.1. The van der Waals surface area contributed by atoms with Gasteiger partial charge in [0.15, 0.2) is 11.5 Å². The Bertz CT molecular complexity index is 642. The lowest BCUT2D eigenvalue weighted by Gasteiger charge is -1.96. The van der Waals surface area contributed by atoms with E-state index in [4.69, 9.17) is 0 Å². The zero-order valence-electron chi connectivity index (χ0n) is 8.20. The van der Waals surface area contributed by atoms with Crippen LogP contribution < -0.4 is 0 Å². The van der Waals surface area contributed by atoms with Crippen LogP contribution in [0.5, 0.6) is 0 Å². The summed E-state index contributed by atoms with van der Waals surface area (Å²) in [5.41, 5.74) is 1.30. The highest BCUT2D eigenvalue weighted by Crippen LogP contribution is 2.23. The Hall–Kier alpha value is -2.01. The number of pyridine rings is 1. The number of fused-ring (bicyclic) bond motifs is 1. The molecular weight excluding hydrogens is 222 g/mol. The summed E-state index contributed by atoms with van der Waals surface area (Å²) in [5.74, 6) is 0.808. The van der Waals surface area contributed by atoms with E-state index in [1.165, 1.54) is 0 Å². The normalized spacial score (nSPS) is 10.8. The third-order valence-electron chi connectivity index (χ3n) is 2.31. The quantitative estimate of drug-likeness (QED) is 0.633. The van der Waals surface area contributed by atoms with E-state index in [-0.39, 0.29) is 0 Å². The summed E-state index contributed by atoms with van der Waals surface area (Å²) in [4.78, 5) is 11.7. The molecule has 0 aromatic carbocycles. The van der Waals surface area contributed by atoms with E-state index in [9.17, 15) is 4.79 Å². The minimum Gasteiger partial charge on any atom is -0.298 e. The van der Waals surface area contributed by atoms with E-state index in [1.54, 1.807) is 23.5 Å². The van der Waals surface area contributed by atoms with Crippen LogP contribution in [0.2, 0.25) is 0 Å². The topological polar surface area (TPSA) is 47.3 Å². The average Bonchev–Trinajstić information content (AvgIpc) is 2.96. The van der Waals surface area contributed by atoms with Crippen molar-refractivity contribution >= 4 is 23.3 Å². The molecule has 0 aliphatic carbocycles. The number of nitrogens with zero attached hydrogens (tertiary/aromatic N) is 3. The van der Waals surface area contributed by atoms with Gasteiger partial charge in [-0.05, 0) is 23.6 Å². The first-order chi connectivity index (χ1) is 7.88. The molecule has 0 aliphatic rings. The smallest absolute Gasteiger partial charge is 0.178 e. The molecule has 78 valence electrons. The Morgan fingerprint density at radius 1 is 1.31 bits per heavy atom. The highest BCUT2D eigenvalue weighted by molar-refractivity contribution is 7.13. The van der Waals surface area contributed by atoms with Gasteiger partial charge in [0.25, 0.3) is 0 Å². The SMILES string of the molecule is O=Cc1ccn2c(-c3cccs3)nnc2c1. The van der Waals surface area contributed by atoms with Gasteiger partial charge in [0.2, 0.25) is 0 Å². The molecule has 0 radical (unpaired) electrons. The Morgan fingerprint density at radius 2 is 2.25 bits per heavy atom. The fraction of sp³-hybridized carbons (Fsp3) is 0. The second kappa shape index (κ2) is 3.53. The molecule has 0 aliphatic heterocycles. The number of aromatic nitrogens is 3. The predicted octanol–water partition coefficient (Wildman–Crippen LogP) is 2.27. The number of aldehydes is 1. The van der Waals surface area contributed by atoms with Crippen LogP contribution in [-0.2, 0) is 0 Å². The van der Waals surface area contributed by atoms with E-state index >= 15 is 0 Å². The predicted molar refractivity (Wildman–Crippen MR) is 61.7 cm³/mol. The van der Waals surface area contributed by atoms with Crippen LogP contribution in [0.25, 0.3) is 16.3 Å². The Kier molecular flexibility index (Phi) is 2.04. The number of carbonyl (C=O) groups excluding carboxylic acids is 1. The lowest BCUT2D eigenvalue weighted by molar-refractivity contribution is 0.112. The molecule has 3 aromatic rings. The van der Waals surface area contributed by atoms with Crippen LogP contribution in [0.3, 0.4) is 0 Å². The number of carbonyl (C=O) groups is 1. The van der Waals surface area contributed by atoms with Gasteiger partial charge in [0, 0.05) is 11.8 Å². The zero-order valence-corrected chi connectivity index (χ0v) is 9.02. The minimum atomic E-state index is 0.609. The molecule has 16 heavy (non-hydrogen) atoms. The number of rotatable bonds is 2. The summed E-state index contributed by atoms with van der Waals surface area (Å²) in [6.07, 6.45) is 2.62. The van der Waals surface area contributed by atoms with Crippen LogP contribution in [0, 0.1) is 0 Å². The van der Waals surface area contributed by atoms with Gasteiger partial charge in [-0.15, -0.1) is 21.5 Å². The molecule has 5 heteroatoms. The van der Waals surface area contributed by atoms with Gasteiger partial charge >= 0.3 is 0 Å². The first kappa shape index (κ1) is 9.23. The molecule has 0 unspecified atom stereocenters. The maximum absolute atomic E-state index is 10.6. The van der Waals surface area contributed by atoms with Gasteiger partial charge < -0.3 is 0 Å². The molecule has 3 heterocycles. The summed E-state index contributed by atoms with van der Waals surface area (Å²) in [6.45, 7) is 0. The first-order valence-electron chi connectivity index (χ1n) is 4.72. The third kappa shape index (κ3) is 1.33. The molecule has 3 rings (SSSR count). The largest absolute Gasteiger partial charge is 0.298 e. The van der Waals surface area contributed by atoms with E-state index in [0.29, 0.717) is 11.2 Å². The number of hydrogen-bond acceptors (Lipinski definition) is 4. The first-order valence-corrected chi connectivity index (χ1v) is 5.60. The van der Waals surface area contributed by atoms with Crippen molar-refractivity contribution < 1.29 is 4.79 Å². The zero-order chi connectivity index (χ0) is 11.0. The average molecular weight is 229 g/mol. The Labute approximate surface area is 95.2 Å². The molecule has 0 spiro atoms. The lowest BCUT2D eigenvalue weighted by Crippen LogP contribution is -1.89. The lowest BCUT2D eigenvalue weighted by atomic mass is 10.3. The van der Waals surface area contributed by atoms with Crippen LogP contribution in [0.1, 0.15) is 10.4 Å². The summed E-state index contributed by atoms with van der Waals surface area (Å²) in [5, 5.41) is 10.2. The molecule has 0 bridgehead atoms. The van der Waals surface area contributed by atoms with Crippen molar-refractivity contribution in [2.24, 2.45) is 0 Å². The minimum absolute atomic E-state index is 0.609. The summed E-state index contributed by atoms with van der Waals surface area (Å²) < 4.78 is 1.87. The summed E-state index contributed by atoms with van der Waals surface area (Å²) >= 11 is 1.61. The molecular formula is C11H7N3OS. The second-order valence-corrected chi connectivity index (χ2v) is 4.25. The summed E-state index contributed by atoms with van der Waals surface area (Å²) in [7, 11) is 0. The van der Waals surface area contributed by atoms with E-state index in [0.717, 1.165) is 17.0 Å². The molecule has 0 amide bonds. The third-order valence-corrected chi connectivity index (χ3v) is 3.18. The molecule has 0 saturated carbocycles. The van der Waals surface area contributed by atoms with Crippen LogP contribution in [-0.4, -0.2) is 20.9 Å². The van der Waals surface area contributed by atoms with Crippen molar-refractivity contribution in [3.8, 4) is 10.7 Å². The van der Waals surface area contributed by atoms with Crippen LogP contribution in [0.4, 0.5) is 0 Å². The van der Waals surface area contributed by atoms with Crippen LogP contribution >= 0.6 is 11.3 Å². The van der Waals surface area contributed by atoms with E-state index in [2.05, 4.69) is 10.2 Å². The maximum atomic E-state index is 10.6. The van der Waals surface area contributed by atoms with Gasteiger partial charge in [-0.25, -0.2) is 0 Å². The number of hydrogen-bond donors (Lipinski definition) is 0. The van der Waals surface area contributed by atoms with Crippen molar-refractivity contribution in [3.63, 3.8) is 0 Å².